The van der Waals surface area contributed by atoms with Crippen molar-refractivity contribution in [3.8, 4) is 0 Å². The van der Waals surface area contributed by atoms with Gasteiger partial charge in [0.05, 0.1) is 4.88 Å². The minimum atomic E-state index is 0.0999. The van der Waals surface area contributed by atoms with E-state index in [4.69, 9.17) is 11.6 Å². The standard InChI is InChI=1S/C11H16ClNOS/c1-3-9-5-6-10(15-9)11(14)13(4-2)8-7-12/h5-6H,3-4,7-8H2,1-2H3. The van der Waals surface area contributed by atoms with Crippen LogP contribution in [0.5, 0.6) is 0 Å². The molecule has 0 N–H and O–H groups in total. The molecule has 0 saturated carbocycles. The van der Waals surface area contributed by atoms with Crippen molar-refractivity contribution in [1.82, 2.24) is 4.90 Å². The molecule has 0 spiro atoms. The lowest BCUT2D eigenvalue weighted by atomic mass is 10.3. The van der Waals surface area contributed by atoms with Gasteiger partial charge in [-0.15, -0.1) is 22.9 Å². The van der Waals surface area contributed by atoms with Gasteiger partial charge in [-0.25, -0.2) is 0 Å². The van der Waals surface area contributed by atoms with Crippen LogP contribution in [0.1, 0.15) is 28.4 Å². The molecule has 0 fully saturated rings. The molecule has 0 unspecified atom stereocenters. The molecule has 1 rings (SSSR count). The van der Waals surface area contributed by atoms with Gasteiger partial charge in [0, 0.05) is 23.8 Å². The maximum absolute atomic E-state index is 12.0. The molecule has 0 saturated heterocycles. The maximum atomic E-state index is 12.0. The first-order chi connectivity index (χ1) is 7.22. The van der Waals surface area contributed by atoms with E-state index in [1.807, 2.05) is 19.1 Å². The van der Waals surface area contributed by atoms with Crippen molar-refractivity contribution < 1.29 is 4.79 Å². The molecule has 0 aliphatic carbocycles. The molecule has 1 heterocycles. The minimum Gasteiger partial charge on any atom is -0.337 e. The van der Waals surface area contributed by atoms with Crippen LogP contribution in [0, 0.1) is 0 Å². The van der Waals surface area contributed by atoms with Crippen LogP contribution >= 0.6 is 22.9 Å². The Labute approximate surface area is 99.9 Å². The minimum absolute atomic E-state index is 0.0999. The highest BCUT2D eigenvalue weighted by atomic mass is 35.5. The molecule has 1 aromatic heterocycles. The normalized spacial score (nSPS) is 10.3. The summed E-state index contributed by atoms with van der Waals surface area (Å²) >= 11 is 7.22. The molecule has 0 aliphatic heterocycles. The van der Waals surface area contributed by atoms with Gasteiger partial charge in [-0.2, -0.15) is 0 Å². The zero-order chi connectivity index (χ0) is 11.3. The van der Waals surface area contributed by atoms with Crippen molar-refractivity contribution in [2.24, 2.45) is 0 Å². The monoisotopic (exact) mass is 245 g/mol. The van der Waals surface area contributed by atoms with Gasteiger partial charge in [0.25, 0.3) is 5.91 Å². The van der Waals surface area contributed by atoms with Crippen molar-refractivity contribution in [3.63, 3.8) is 0 Å². The number of carbonyl (C=O) groups excluding carboxylic acids is 1. The van der Waals surface area contributed by atoms with Crippen LogP contribution in [0.25, 0.3) is 0 Å². The second-order valence-electron chi connectivity index (χ2n) is 3.19. The predicted octanol–water partition coefficient (Wildman–Crippen LogP) is 3.01. The van der Waals surface area contributed by atoms with E-state index < -0.39 is 0 Å². The number of thiophene rings is 1. The SMILES string of the molecule is CCc1ccc(C(=O)N(CC)CCCl)s1. The fourth-order valence-corrected chi connectivity index (χ4v) is 2.46. The molecule has 2 nitrogen and oxygen atoms in total. The highest BCUT2D eigenvalue weighted by Gasteiger charge is 2.15. The van der Waals surface area contributed by atoms with Crippen LogP contribution in [0.15, 0.2) is 12.1 Å². The third-order valence-corrected chi connectivity index (χ3v) is 3.63. The van der Waals surface area contributed by atoms with E-state index in [0.717, 1.165) is 11.3 Å². The van der Waals surface area contributed by atoms with E-state index in [2.05, 4.69) is 6.92 Å². The van der Waals surface area contributed by atoms with Crippen LogP contribution in [-0.2, 0) is 6.42 Å². The van der Waals surface area contributed by atoms with Crippen molar-refractivity contribution in [2.75, 3.05) is 19.0 Å². The molecule has 4 heteroatoms. The Morgan fingerprint density at radius 3 is 2.67 bits per heavy atom. The molecule has 1 amide bonds. The fourth-order valence-electron chi connectivity index (χ4n) is 1.34. The molecule has 84 valence electrons. The molecule has 0 bridgehead atoms. The largest absolute Gasteiger partial charge is 0.337 e. The van der Waals surface area contributed by atoms with Gasteiger partial charge in [0.2, 0.25) is 0 Å². The number of rotatable bonds is 5. The predicted molar refractivity (Wildman–Crippen MR) is 66.0 cm³/mol. The highest BCUT2D eigenvalue weighted by molar-refractivity contribution is 7.14. The molecule has 0 atom stereocenters. The van der Waals surface area contributed by atoms with Crippen LogP contribution < -0.4 is 0 Å². The second kappa shape index (κ2) is 6.13. The summed E-state index contributed by atoms with van der Waals surface area (Å²) in [5.74, 6) is 0.592. The summed E-state index contributed by atoms with van der Waals surface area (Å²) in [5.41, 5.74) is 0. The van der Waals surface area contributed by atoms with Gasteiger partial charge in [0.15, 0.2) is 0 Å². The third-order valence-electron chi connectivity index (χ3n) is 2.24. The quantitative estimate of drug-likeness (QED) is 0.731. The Kier molecular flexibility index (Phi) is 5.12. The van der Waals surface area contributed by atoms with Gasteiger partial charge < -0.3 is 4.90 Å². The summed E-state index contributed by atoms with van der Waals surface area (Å²) in [6.45, 7) is 5.40. The van der Waals surface area contributed by atoms with Crippen molar-refractivity contribution in [1.29, 1.82) is 0 Å². The van der Waals surface area contributed by atoms with E-state index in [-0.39, 0.29) is 5.91 Å². The van der Waals surface area contributed by atoms with Gasteiger partial charge in [0.1, 0.15) is 0 Å². The summed E-state index contributed by atoms with van der Waals surface area (Å²) in [4.78, 5) is 15.8. The number of nitrogens with zero attached hydrogens (tertiary/aromatic N) is 1. The first kappa shape index (κ1) is 12.5. The maximum Gasteiger partial charge on any atom is 0.263 e. The molecule has 15 heavy (non-hydrogen) atoms. The molecule has 0 aliphatic rings. The summed E-state index contributed by atoms with van der Waals surface area (Å²) < 4.78 is 0. The Hall–Kier alpha value is -0.540. The van der Waals surface area contributed by atoms with E-state index in [1.54, 1.807) is 16.2 Å². The fraction of sp³-hybridized carbons (Fsp3) is 0.545. The third kappa shape index (κ3) is 3.21. The number of alkyl halides is 1. The van der Waals surface area contributed by atoms with Gasteiger partial charge >= 0.3 is 0 Å². The number of carbonyl (C=O) groups is 1. The van der Waals surface area contributed by atoms with Crippen LogP contribution in [-0.4, -0.2) is 29.8 Å². The summed E-state index contributed by atoms with van der Waals surface area (Å²) in [6.07, 6.45) is 0.986. The highest BCUT2D eigenvalue weighted by Crippen LogP contribution is 2.18. The smallest absolute Gasteiger partial charge is 0.263 e. The number of halogens is 1. The van der Waals surface area contributed by atoms with E-state index in [1.165, 1.54) is 4.88 Å². The Bertz CT molecular complexity index is 324. The van der Waals surface area contributed by atoms with Crippen LogP contribution in [0.2, 0.25) is 0 Å². The molecule has 1 aromatic rings. The Morgan fingerprint density at radius 1 is 1.47 bits per heavy atom. The summed E-state index contributed by atoms with van der Waals surface area (Å²) in [7, 11) is 0. The lowest BCUT2D eigenvalue weighted by Gasteiger charge is -2.18. The van der Waals surface area contributed by atoms with Crippen molar-refractivity contribution >= 4 is 28.8 Å². The van der Waals surface area contributed by atoms with E-state index in [9.17, 15) is 4.79 Å². The summed E-state index contributed by atoms with van der Waals surface area (Å²) in [5, 5.41) is 0. The summed E-state index contributed by atoms with van der Waals surface area (Å²) in [6, 6.07) is 3.93. The lowest BCUT2D eigenvalue weighted by molar-refractivity contribution is 0.0779. The Morgan fingerprint density at radius 2 is 2.20 bits per heavy atom. The Balaban J connectivity index is 2.73. The van der Waals surface area contributed by atoms with Crippen LogP contribution in [0.4, 0.5) is 0 Å². The number of amides is 1. The number of aryl methyl sites for hydroxylation is 1. The zero-order valence-electron chi connectivity index (χ0n) is 9.12. The van der Waals surface area contributed by atoms with E-state index in [0.29, 0.717) is 19.0 Å². The van der Waals surface area contributed by atoms with Gasteiger partial charge in [-0.1, -0.05) is 6.92 Å². The molecule has 0 aromatic carbocycles. The topological polar surface area (TPSA) is 20.3 Å². The van der Waals surface area contributed by atoms with Crippen molar-refractivity contribution in [3.05, 3.63) is 21.9 Å². The van der Waals surface area contributed by atoms with Gasteiger partial charge in [-0.3, -0.25) is 4.79 Å². The van der Waals surface area contributed by atoms with Crippen molar-refractivity contribution in [2.45, 2.75) is 20.3 Å². The average molecular weight is 246 g/mol. The lowest BCUT2D eigenvalue weighted by Crippen LogP contribution is -2.31. The molecule has 0 radical (unpaired) electrons. The van der Waals surface area contributed by atoms with Gasteiger partial charge in [-0.05, 0) is 25.5 Å². The first-order valence-corrected chi connectivity index (χ1v) is 6.52. The molecular formula is C11H16ClNOS. The second-order valence-corrected chi connectivity index (χ2v) is 4.74. The average Bonchev–Trinajstić information content (AvgIpc) is 2.73. The zero-order valence-corrected chi connectivity index (χ0v) is 10.7. The first-order valence-electron chi connectivity index (χ1n) is 5.16. The number of hydrogen-bond donors (Lipinski definition) is 0. The van der Waals surface area contributed by atoms with Crippen LogP contribution in [0.3, 0.4) is 0 Å². The van der Waals surface area contributed by atoms with E-state index >= 15 is 0 Å². The molecular weight excluding hydrogens is 230 g/mol. The number of hydrogen-bond acceptors (Lipinski definition) is 2.